The molecule has 0 atom stereocenters. The molecule has 108 valence electrons. The SMILES string of the molecule is COCCOc1ccc2c(OCCOC)cccc2c1. The van der Waals surface area contributed by atoms with Crippen LogP contribution in [0.25, 0.3) is 10.8 Å². The van der Waals surface area contributed by atoms with Crippen molar-refractivity contribution in [3.05, 3.63) is 36.4 Å². The van der Waals surface area contributed by atoms with Crippen LogP contribution in [0.5, 0.6) is 11.5 Å². The number of hydrogen-bond acceptors (Lipinski definition) is 4. The van der Waals surface area contributed by atoms with Crippen LogP contribution >= 0.6 is 0 Å². The van der Waals surface area contributed by atoms with Gasteiger partial charge in [-0.1, -0.05) is 12.1 Å². The zero-order valence-corrected chi connectivity index (χ0v) is 11.9. The predicted molar refractivity (Wildman–Crippen MR) is 78.7 cm³/mol. The van der Waals surface area contributed by atoms with Crippen molar-refractivity contribution < 1.29 is 18.9 Å². The lowest BCUT2D eigenvalue weighted by Gasteiger charge is -2.11. The van der Waals surface area contributed by atoms with E-state index in [4.69, 9.17) is 18.9 Å². The molecule has 0 saturated carbocycles. The first-order valence-corrected chi connectivity index (χ1v) is 6.61. The van der Waals surface area contributed by atoms with Gasteiger partial charge in [-0.25, -0.2) is 0 Å². The first kappa shape index (κ1) is 14.6. The zero-order valence-electron chi connectivity index (χ0n) is 11.9. The number of fused-ring (bicyclic) bond motifs is 1. The monoisotopic (exact) mass is 276 g/mol. The van der Waals surface area contributed by atoms with Crippen LogP contribution in [0, 0.1) is 0 Å². The van der Waals surface area contributed by atoms with Crippen molar-refractivity contribution in [1.82, 2.24) is 0 Å². The summed E-state index contributed by atoms with van der Waals surface area (Å²) in [5.74, 6) is 1.70. The highest BCUT2D eigenvalue weighted by molar-refractivity contribution is 5.89. The topological polar surface area (TPSA) is 36.9 Å². The highest BCUT2D eigenvalue weighted by Gasteiger charge is 2.03. The molecular weight excluding hydrogens is 256 g/mol. The Labute approximate surface area is 119 Å². The first-order valence-electron chi connectivity index (χ1n) is 6.61. The van der Waals surface area contributed by atoms with Crippen LogP contribution in [-0.2, 0) is 9.47 Å². The van der Waals surface area contributed by atoms with Crippen LogP contribution in [0.2, 0.25) is 0 Å². The highest BCUT2D eigenvalue weighted by atomic mass is 16.5. The van der Waals surface area contributed by atoms with Crippen LogP contribution in [0.3, 0.4) is 0 Å². The Balaban J connectivity index is 2.13. The summed E-state index contributed by atoms with van der Waals surface area (Å²) >= 11 is 0. The van der Waals surface area contributed by atoms with Gasteiger partial charge >= 0.3 is 0 Å². The number of hydrogen-bond donors (Lipinski definition) is 0. The van der Waals surface area contributed by atoms with Crippen molar-refractivity contribution in [3.8, 4) is 11.5 Å². The maximum Gasteiger partial charge on any atom is 0.127 e. The first-order chi connectivity index (χ1) is 9.85. The van der Waals surface area contributed by atoms with E-state index in [9.17, 15) is 0 Å². The van der Waals surface area contributed by atoms with Gasteiger partial charge in [0.2, 0.25) is 0 Å². The van der Waals surface area contributed by atoms with Gasteiger partial charge in [0.05, 0.1) is 13.2 Å². The van der Waals surface area contributed by atoms with E-state index in [1.807, 2.05) is 36.4 Å². The van der Waals surface area contributed by atoms with Gasteiger partial charge in [0, 0.05) is 19.6 Å². The number of benzene rings is 2. The molecule has 0 N–H and O–H groups in total. The van der Waals surface area contributed by atoms with Crippen LogP contribution in [0.15, 0.2) is 36.4 Å². The molecule has 0 fully saturated rings. The predicted octanol–water partition coefficient (Wildman–Crippen LogP) is 2.89. The highest BCUT2D eigenvalue weighted by Crippen LogP contribution is 2.28. The van der Waals surface area contributed by atoms with Gasteiger partial charge in [0.15, 0.2) is 0 Å². The summed E-state index contributed by atoms with van der Waals surface area (Å²) < 4.78 is 21.3. The van der Waals surface area contributed by atoms with Gasteiger partial charge in [-0.2, -0.15) is 0 Å². The minimum Gasteiger partial charge on any atom is -0.491 e. The van der Waals surface area contributed by atoms with Crippen LogP contribution in [-0.4, -0.2) is 40.6 Å². The Kier molecular flexibility index (Phi) is 5.65. The molecular formula is C16H20O4. The van der Waals surface area contributed by atoms with Gasteiger partial charge in [0.25, 0.3) is 0 Å². The summed E-state index contributed by atoms with van der Waals surface area (Å²) in [5, 5.41) is 2.16. The van der Waals surface area contributed by atoms with Gasteiger partial charge in [-0.15, -0.1) is 0 Å². The van der Waals surface area contributed by atoms with Crippen LogP contribution < -0.4 is 9.47 Å². The third kappa shape index (κ3) is 3.85. The maximum absolute atomic E-state index is 5.71. The Morgan fingerprint density at radius 2 is 1.55 bits per heavy atom. The lowest BCUT2D eigenvalue weighted by atomic mass is 10.1. The van der Waals surface area contributed by atoms with Crippen molar-refractivity contribution in [2.75, 3.05) is 40.6 Å². The third-order valence-corrected chi connectivity index (χ3v) is 2.91. The van der Waals surface area contributed by atoms with E-state index in [-0.39, 0.29) is 0 Å². The van der Waals surface area contributed by atoms with Crippen molar-refractivity contribution >= 4 is 10.8 Å². The molecule has 0 radical (unpaired) electrons. The van der Waals surface area contributed by atoms with E-state index >= 15 is 0 Å². The molecule has 0 aromatic heterocycles. The molecule has 4 nitrogen and oxygen atoms in total. The molecule has 2 aromatic rings. The maximum atomic E-state index is 5.71. The lowest BCUT2D eigenvalue weighted by Crippen LogP contribution is -2.05. The summed E-state index contributed by atoms with van der Waals surface area (Å²) in [4.78, 5) is 0. The third-order valence-electron chi connectivity index (χ3n) is 2.91. The van der Waals surface area contributed by atoms with E-state index in [0.717, 1.165) is 22.3 Å². The lowest BCUT2D eigenvalue weighted by molar-refractivity contribution is 0.146. The molecule has 0 unspecified atom stereocenters. The molecule has 0 amide bonds. The molecule has 0 bridgehead atoms. The fourth-order valence-electron chi connectivity index (χ4n) is 1.93. The van der Waals surface area contributed by atoms with Gasteiger partial charge < -0.3 is 18.9 Å². The van der Waals surface area contributed by atoms with E-state index in [0.29, 0.717) is 26.4 Å². The molecule has 0 heterocycles. The summed E-state index contributed by atoms with van der Waals surface area (Å²) in [6.07, 6.45) is 0. The number of rotatable bonds is 8. The molecule has 0 aliphatic rings. The molecule has 2 aromatic carbocycles. The van der Waals surface area contributed by atoms with Gasteiger partial charge in [0.1, 0.15) is 24.7 Å². The minimum absolute atomic E-state index is 0.543. The fraction of sp³-hybridized carbons (Fsp3) is 0.375. The van der Waals surface area contributed by atoms with Gasteiger partial charge in [-0.05, 0) is 29.7 Å². The summed E-state index contributed by atoms with van der Waals surface area (Å²) in [6, 6.07) is 11.9. The van der Waals surface area contributed by atoms with E-state index in [2.05, 4.69) is 0 Å². The standard InChI is InChI=1S/C16H20O4/c1-17-8-10-19-14-6-7-15-13(12-14)4-3-5-16(15)20-11-9-18-2/h3-7,12H,8-11H2,1-2H3. The zero-order chi connectivity index (χ0) is 14.2. The Morgan fingerprint density at radius 3 is 2.30 bits per heavy atom. The second-order valence-corrected chi connectivity index (χ2v) is 4.32. The van der Waals surface area contributed by atoms with Crippen LogP contribution in [0.4, 0.5) is 0 Å². The molecule has 0 aliphatic carbocycles. The van der Waals surface area contributed by atoms with E-state index < -0.39 is 0 Å². The summed E-state index contributed by atoms with van der Waals surface area (Å²) in [6.45, 7) is 2.25. The number of methoxy groups -OCH3 is 2. The summed E-state index contributed by atoms with van der Waals surface area (Å²) in [7, 11) is 3.32. The smallest absolute Gasteiger partial charge is 0.127 e. The molecule has 2 rings (SSSR count). The molecule has 4 heteroatoms. The fourth-order valence-corrected chi connectivity index (χ4v) is 1.93. The Hall–Kier alpha value is -1.78. The minimum atomic E-state index is 0.543. The Morgan fingerprint density at radius 1 is 0.800 bits per heavy atom. The largest absolute Gasteiger partial charge is 0.491 e. The van der Waals surface area contributed by atoms with Crippen molar-refractivity contribution in [2.24, 2.45) is 0 Å². The van der Waals surface area contributed by atoms with Gasteiger partial charge in [-0.3, -0.25) is 0 Å². The molecule has 0 aliphatic heterocycles. The van der Waals surface area contributed by atoms with Crippen molar-refractivity contribution in [3.63, 3.8) is 0 Å². The Bertz CT molecular complexity index is 539. The second kappa shape index (κ2) is 7.72. The van der Waals surface area contributed by atoms with Crippen molar-refractivity contribution in [2.45, 2.75) is 0 Å². The normalized spacial score (nSPS) is 10.7. The second-order valence-electron chi connectivity index (χ2n) is 4.32. The summed E-state index contributed by atoms with van der Waals surface area (Å²) in [5.41, 5.74) is 0. The van der Waals surface area contributed by atoms with Crippen LogP contribution in [0.1, 0.15) is 0 Å². The van der Waals surface area contributed by atoms with E-state index in [1.54, 1.807) is 14.2 Å². The molecule has 0 saturated heterocycles. The average Bonchev–Trinajstić information content (AvgIpc) is 2.48. The van der Waals surface area contributed by atoms with Crippen molar-refractivity contribution in [1.29, 1.82) is 0 Å². The van der Waals surface area contributed by atoms with E-state index in [1.165, 1.54) is 0 Å². The average molecular weight is 276 g/mol. The molecule has 0 spiro atoms. The number of ether oxygens (including phenoxy) is 4. The molecule has 20 heavy (non-hydrogen) atoms. The quantitative estimate of drug-likeness (QED) is 0.695.